The maximum atomic E-state index is 12.3. The lowest BCUT2D eigenvalue weighted by Gasteiger charge is -2.32. The molecule has 0 heterocycles. The largest absolute Gasteiger partial charge is 0.342 e. The summed E-state index contributed by atoms with van der Waals surface area (Å²) in [4.78, 5) is 14.3. The van der Waals surface area contributed by atoms with Gasteiger partial charge in [-0.3, -0.25) is 4.79 Å². The Morgan fingerprint density at radius 3 is 2.25 bits per heavy atom. The van der Waals surface area contributed by atoms with Crippen molar-refractivity contribution in [3.05, 3.63) is 0 Å². The van der Waals surface area contributed by atoms with Gasteiger partial charge >= 0.3 is 0 Å². The number of nitrogens with zero attached hydrogens (tertiary/aromatic N) is 1. The van der Waals surface area contributed by atoms with Crippen molar-refractivity contribution >= 4 is 5.91 Å². The number of carbonyl (C=O) groups excluding carboxylic acids is 1. The van der Waals surface area contributed by atoms with Crippen molar-refractivity contribution in [3.8, 4) is 0 Å². The zero-order chi connectivity index (χ0) is 12.0. The fourth-order valence-electron chi connectivity index (χ4n) is 2.57. The Kier molecular flexibility index (Phi) is 5.81. The van der Waals surface area contributed by atoms with Crippen LogP contribution in [-0.2, 0) is 4.79 Å². The minimum absolute atomic E-state index is 0.0897. The summed E-state index contributed by atoms with van der Waals surface area (Å²) >= 11 is 0. The predicted molar refractivity (Wildman–Crippen MR) is 67.1 cm³/mol. The topological polar surface area (TPSA) is 46.3 Å². The molecule has 94 valence electrons. The molecule has 1 aliphatic carbocycles. The average molecular weight is 226 g/mol. The highest BCUT2D eigenvalue weighted by Gasteiger charge is 2.30. The van der Waals surface area contributed by atoms with E-state index in [-0.39, 0.29) is 12.0 Å². The molecule has 1 saturated carbocycles. The molecule has 0 saturated heterocycles. The molecule has 0 aromatic heterocycles. The fraction of sp³-hybridized carbons (Fsp3) is 0.923. The Bertz CT molecular complexity index is 212. The van der Waals surface area contributed by atoms with E-state index in [9.17, 15) is 4.79 Å². The van der Waals surface area contributed by atoms with Gasteiger partial charge in [-0.15, -0.1) is 0 Å². The number of nitrogens with two attached hydrogens (primary N) is 1. The zero-order valence-corrected chi connectivity index (χ0v) is 10.7. The van der Waals surface area contributed by atoms with Gasteiger partial charge in [-0.25, -0.2) is 0 Å². The van der Waals surface area contributed by atoms with Crippen molar-refractivity contribution in [1.82, 2.24) is 4.90 Å². The van der Waals surface area contributed by atoms with Crippen LogP contribution in [-0.4, -0.2) is 29.9 Å². The van der Waals surface area contributed by atoms with E-state index in [0.29, 0.717) is 5.91 Å². The summed E-state index contributed by atoms with van der Waals surface area (Å²) in [6.07, 6.45) is 6.43. The molecule has 1 rings (SSSR count). The molecule has 2 atom stereocenters. The third-order valence-electron chi connectivity index (χ3n) is 3.44. The quantitative estimate of drug-likeness (QED) is 0.781. The Balaban J connectivity index is 2.57. The second-order valence-electron chi connectivity index (χ2n) is 4.88. The van der Waals surface area contributed by atoms with Crippen LogP contribution in [0.15, 0.2) is 0 Å². The molecule has 0 aromatic rings. The summed E-state index contributed by atoms with van der Waals surface area (Å²) in [5, 5.41) is 0. The first kappa shape index (κ1) is 13.5. The summed E-state index contributed by atoms with van der Waals surface area (Å²) < 4.78 is 0. The molecular weight excluding hydrogens is 200 g/mol. The zero-order valence-electron chi connectivity index (χ0n) is 10.7. The van der Waals surface area contributed by atoms with E-state index < -0.39 is 0 Å². The Morgan fingerprint density at radius 1 is 1.19 bits per heavy atom. The first-order valence-electron chi connectivity index (χ1n) is 6.75. The number of amides is 1. The molecular formula is C13H26N2O. The van der Waals surface area contributed by atoms with Crippen molar-refractivity contribution in [3.63, 3.8) is 0 Å². The Morgan fingerprint density at radius 2 is 1.75 bits per heavy atom. The van der Waals surface area contributed by atoms with Gasteiger partial charge < -0.3 is 10.6 Å². The maximum absolute atomic E-state index is 12.3. The molecule has 0 radical (unpaired) electrons. The number of hydrogen-bond acceptors (Lipinski definition) is 2. The SMILES string of the molecule is CCCN(CCC)C(=O)C1CCCCC1N. The van der Waals surface area contributed by atoms with Crippen molar-refractivity contribution in [2.24, 2.45) is 11.7 Å². The highest BCUT2D eigenvalue weighted by Crippen LogP contribution is 2.24. The standard InChI is InChI=1S/C13H26N2O/c1-3-9-15(10-4-2)13(16)11-7-5-6-8-12(11)14/h11-12H,3-10,14H2,1-2H3. The second-order valence-corrected chi connectivity index (χ2v) is 4.88. The van der Waals surface area contributed by atoms with Crippen LogP contribution in [0.3, 0.4) is 0 Å². The van der Waals surface area contributed by atoms with Gasteiger partial charge in [-0.05, 0) is 25.7 Å². The normalized spacial score (nSPS) is 25.4. The van der Waals surface area contributed by atoms with Crippen molar-refractivity contribution in [2.45, 2.75) is 58.4 Å². The highest BCUT2D eigenvalue weighted by atomic mass is 16.2. The van der Waals surface area contributed by atoms with Crippen LogP contribution in [0.5, 0.6) is 0 Å². The summed E-state index contributed by atoms with van der Waals surface area (Å²) in [6.45, 7) is 6.01. The van der Waals surface area contributed by atoms with E-state index in [1.54, 1.807) is 0 Å². The average Bonchev–Trinajstić information content (AvgIpc) is 2.28. The van der Waals surface area contributed by atoms with Crippen LogP contribution in [0.2, 0.25) is 0 Å². The molecule has 1 fully saturated rings. The summed E-state index contributed by atoms with van der Waals surface area (Å²) in [7, 11) is 0. The van der Waals surface area contributed by atoms with Gasteiger partial charge in [0.15, 0.2) is 0 Å². The molecule has 1 aliphatic rings. The lowest BCUT2D eigenvalue weighted by Crippen LogP contribution is -2.46. The van der Waals surface area contributed by atoms with Crippen LogP contribution < -0.4 is 5.73 Å². The van der Waals surface area contributed by atoms with E-state index in [1.165, 1.54) is 6.42 Å². The predicted octanol–water partition coefficient (Wildman–Crippen LogP) is 2.15. The van der Waals surface area contributed by atoms with Gasteiger partial charge in [0.1, 0.15) is 0 Å². The molecule has 0 aliphatic heterocycles. The number of carbonyl (C=O) groups is 1. The van der Waals surface area contributed by atoms with Crippen LogP contribution >= 0.6 is 0 Å². The van der Waals surface area contributed by atoms with Crippen LogP contribution in [0.1, 0.15) is 52.4 Å². The minimum atomic E-state index is 0.0897. The Hall–Kier alpha value is -0.570. The third kappa shape index (κ3) is 3.48. The Labute approximate surface area is 99.4 Å². The van der Waals surface area contributed by atoms with Gasteiger partial charge in [0.25, 0.3) is 0 Å². The lowest BCUT2D eigenvalue weighted by molar-refractivity contribution is -0.137. The highest BCUT2D eigenvalue weighted by molar-refractivity contribution is 5.79. The van der Waals surface area contributed by atoms with E-state index >= 15 is 0 Å². The van der Waals surface area contributed by atoms with Crippen molar-refractivity contribution in [2.75, 3.05) is 13.1 Å². The summed E-state index contributed by atoms with van der Waals surface area (Å²) in [5.74, 6) is 0.391. The summed E-state index contributed by atoms with van der Waals surface area (Å²) in [5.41, 5.74) is 6.06. The molecule has 1 amide bonds. The monoisotopic (exact) mass is 226 g/mol. The molecule has 0 bridgehead atoms. The first-order valence-corrected chi connectivity index (χ1v) is 6.75. The second kappa shape index (κ2) is 6.89. The maximum Gasteiger partial charge on any atom is 0.227 e. The number of hydrogen-bond donors (Lipinski definition) is 1. The van der Waals surface area contributed by atoms with Gasteiger partial charge in [0, 0.05) is 19.1 Å². The van der Waals surface area contributed by atoms with E-state index in [0.717, 1.165) is 45.2 Å². The molecule has 3 heteroatoms. The van der Waals surface area contributed by atoms with Gasteiger partial charge in [-0.1, -0.05) is 26.7 Å². The van der Waals surface area contributed by atoms with Crippen LogP contribution in [0, 0.1) is 5.92 Å². The lowest BCUT2D eigenvalue weighted by atomic mass is 9.84. The molecule has 0 spiro atoms. The van der Waals surface area contributed by atoms with Crippen LogP contribution in [0.4, 0.5) is 0 Å². The molecule has 2 unspecified atom stereocenters. The van der Waals surface area contributed by atoms with E-state index in [2.05, 4.69) is 13.8 Å². The van der Waals surface area contributed by atoms with Crippen molar-refractivity contribution < 1.29 is 4.79 Å². The smallest absolute Gasteiger partial charge is 0.227 e. The first-order chi connectivity index (χ1) is 7.70. The number of rotatable bonds is 5. The van der Waals surface area contributed by atoms with E-state index in [1.807, 2.05) is 4.90 Å². The molecule has 3 nitrogen and oxygen atoms in total. The minimum Gasteiger partial charge on any atom is -0.342 e. The molecule has 0 aromatic carbocycles. The van der Waals surface area contributed by atoms with E-state index in [4.69, 9.17) is 5.73 Å². The molecule has 2 N–H and O–H groups in total. The van der Waals surface area contributed by atoms with Gasteiger partial charge in [0.05, 0.1) is 5.92 Å². The van der Waals surface area contributed by atoms with Crippen LogP contribution in [0.25, 0.3) is 0 Å². The molecule has 16 heavy (non-hydrogen) atoms. The third-order valence-corrected chi connectivity index (χ3v) is 3.44. The fourth-order valence-corrected chi connectivity index (χ4v) is 2.57. The van der Waals surface area contributed by atoms with Gasteiger partial charge in [0.2, 0.25) is 5.91 Å². The van der Waals surface area contributed by atoms with Gasteiger partial charge in [-0.2, -0.15) is 0 Å². The van der Waals surface area contributed by atoms with Crippen molar-refractivity contribution in [1.29, 1.82) is 0 Å². The summed E-state index contributed by atoms with van der Waals surface area (Å²) in [6, 6.07) is 0.0949.